The molecule has 0 fully saturated rings. The Morgan fingerprint density at radius 2 is 2.42 bits per heavy atom. The molecule has 1 aromatic rings. The quantitative estimate of drug-likeness (QED) is 0.634. The average molecular weight is 160 g/mol. The van der Waals surface area contributed by atoms with Crippen molar-refractivity contribution < 1.29 is 0 Å². The molecule has 2 N–H and O–H groups in total. The topological polar surface area (TPSA) is 38.9 Å². The predicted molar refractivity (Wildman–Crippen MR) is 51.4 cm³/mol. The van der Waals surface area contributed by atoms with Gasteiger partial charge < -0.3 is 5.73 Å². The molecule has 0 radical (unpaired) electrons. The van der Waals surface area contributed by atoms with Gasteiger partial charge in [-0.25, -0.2) is 0 Å². The van der Waals surface area contributed by atoms with Crippen molar-refractivity contribution in [2.45, 2.75) is 6.92 Å². The van der Waals surface area contributed by atoms with E-state index in [0.717, 1.165) is 16.1 Å². The Morgan fingerprint density at radius 1 is 1.67 bits per heavy atom. The fraction of sp³-hybridized carbons (Fsp3) is 0.100. The van der Waals surface area contributed by atoms with Gasteiger partial charge in [-0.1, -0.05) is 18.7 Å². The van der Waals surface area contributed by atoms with Crippen LogP contribution in [0, 0.1) is 0 Å². The summed E-state index contributed by atoms with van der Waals surface area (Å²) in [4.78, 5) is 3.99. The molecule has 0 aromatic carbocycles. The van der Waals surface area contributed by atoms with E-state index in [0.29, 0.717) is 0 Å². The van der Waals surface area contributed by atoms with Gasteiger partial charge in [-0.15, -0.1) is 0 Å². The van der Waals surface area contributed by atoms with E-state index in [2.05, 4.69) is 11.6 Å². The molecule has 0 amide bonds. The average Bonchev–Trinajstić information content (AvgIpc) is 2.05. The van der Waals surface area contributed by atoms with Crippen LogP contribution in [0.15, 0.2) is 31.1 Å². The van der Waals surface area contributed by atoms with Gasteiger partial charge in [0, 0.05) is 23.3 Å². The van der Waals surface area contributed by atoms with Gasteiger partial charge >= 0.3 is 0 Å². The van der Waals surface area contributed by atoms with Gasteiger partial charge in [0.2, 0.25) is 0 Å². The zero-order chi connectivity index (χ0) is 8.97. The van der Waals surface area contributed by atoms with Crippen molar-refractivity contribution in [2.75, 3.05) is 0 Å². The maximum atomic E-state index is 5.67. The molecular formula is C10H12N2. The van der Waals surface area contributed by atoms with Crippen molar-refractivity contribution in [1.29, 1.82) is 0 Å². The lowest BCUT2D eigenvalue weighted by Crippen LogP contribution is -2.28. The van der Waals surface area contributed by atoms with E-state index in [9.17, 15) is 0 Å². The summed E-state index contributed by atoms with van der Waals surface area (Å²) in [6.07, 6.45) is 7.14. The van der Waals surface area contributed by atoms with E-state index in [-0.39, 0.29) is 0 Å². The number of allylic oxidation sites excluding steroid dienone is 1. The van der Waals surface area contributed by atoms with Crippen LogP contribution in [0.4, 0.5) is 0 Å². The second-order valence-electron chi connectivity index (χ2n) is 2.55. The van der Waals surface area contributed by atoms with Gasteiger partial charge in [-0.3, -0.25) is 4.98 Å². The first-order valence-corrected chi connectivity index (χ1v) is 3.75. The van der Waals surface area contributed by atoms with Crippen LogP contribution in [0.5, 0.6) is 0 Å². The Labute approximate surface area is 71.7 Å². The highest BCUT2D eigenvalue weighted by atomic mass is 14.6. The summed E-state index contributed by atoms with van der Waals surface area (Å²) in [6.45, 7) is 5.49. The van der Waals surface area contributed by atoms with Gasteiger partial charge in [0.05, 0.1) is 0 Å². The molecule has 12 heavy (non-hydrogen) atoms. The van der Waals surface area contributed by atoms with E-state index in [4.69, 9.17) is 5.73 Å². The number of nitrogens with zero attached hydrogens (tertiary/aromatic N) is 1. The highest BCUT2D eigenvalue weighted by Crippen LogP contribution is 1.73. The van der Waals surface area contributed by atoms with Crippen LogP contribution in [-0.4, -0.2) is 4.98 Å². The Kier molecular flexibility index (Phi) is 2.64. The fourth-order valence-corrected chi connectivity index (χ4v) is 1.01. The minimum Gasteiger partial charge on any atom is -0.402 e. The Hall–Kier alpha value is -1.57. The van der Waals surface area contributed by atoms with Crippen molar-refractivity contribution in [3.8, 4) is 0 Å². The normalized spacial score (nSPS) is 14.2. The van der Waals surface area contributed by atoms with Crippen LogP contribution < -0.4 is 16.2 Å². The molecule has 0 unspecified atom stereocenters. The third kappa shape index (κ3) is 1.72. The number of rotatable bonds is 1. The van der Waals surface area contributed by atoms with Crippen LogP contribution in [0.25, 0.3) is 11.8 Å². The number of hydrogen-bond acceptors (Lipinski definition) is 2. The molecule has 1 aromatic heterocycles. The molecule has 0 aliphatic rings. The smallest absolute Gasteiger partial charge is 0.0363 e. The first-order valence-electron chi connectivity index (χ1n) is 3.75. The summed E-state index contributed by atoms with van der Waals surface area (Å²) in [7, 11) is 0. The molecule has 0 spiro atoms. The van der Waals surface area contributed by atoms with Crippen LogP contribution in [0.3, 0.4) is 0 Å². The predicted octanol–water partition coefficient (Wildman–Crippen LogP) is 0.135. The van der Waals surface area contributed by atoms with Gasteiger partial charge in [-0.05, 0) is 18.2 Å². The summed E-state index contributed by atoms with van der Waals surface area (Å²) < 4.78 is 0. The molecule has 1 rings (SSSR count). The number of nitrogens with two attached hydrogens (primary N) is 1. The highest BCUT2D eigenvalue weighted by Gasteiger charge is 1.85. The first kappa shape index (κ1) is 8.53. The minimum absolute atomic E-state index is 0.774. The monoisotopic (exact) mass is 160 g/mol. The molecule has 0 aliphatic carbocycles. The van der Waals surface area contributed by atoms with Crippen molar-refractivity contribution >= 4 is 11.8 Å². The molecule has 0 saturated carbocycles. The van der Waals surface area contributed by atoms with E-state index < -0.39 is 0 Å². The zero-order valence-corrected chi connectivity index (χ0v) is 7.12. The second-order valence-corrected chi connectivity index (χ2v) is 2.55. The van der Waals surface area contributed by atoms with E-state index in [1.165, 1.54) is 0 Å². The number of aromatic nitrogens is 1. The van der Waals surface area contributed by atoms with Crippen molar-refractivity contribution in [1.82, 2.24) is 4.98 Å². The fourth-order valence-electron chi connectivity index (χ4n) is 1.01. The minimum atomic E-state index is 0.774. The summed E-state index contributed by atoms with van der Waals surface area (Å²) in [5, 5.41) is 2.03. The van der Waals surface area contributed by atoms with Crippen LogP contribution in [-0.2, 0) is 0 Å². The molecular weight excluding hydrogens is 148 g/mol. The molecule has 62 valence electrons. The van der Waals surface area contributed by atoms with Crippen LogP contribution >= 0.6 is 0 Å². The Morgan fingerprint density at radius 3 is 3.00 bits per heavy atom. The van der Waals surface area contributed by atoms with Gasteiger partial charge in [0.1, 0.15) is 0 Å². The van der Waals surface area contributed by atoms with Gasteiger partial charge in [-0.2, -0.15) is 0 Å². The second kappa shape index (κ2) is 3.72. The Bertz CT molecular complexity index is 387. The van der Waals surface area contributed by atoms with Gasteiger partial charge in [0.15, 0.2) is 0 Å². The summed E-state index contributed by atoms with van der Waals surface area (Å²) in [5.74, 6) is 0. The molecule has 0 aliphatic heterocycles. The molecule has 0 atom stereocenters. The molecule has 0 saturated heterocycles. The van der Waals surface area contributed by atoms with Crippen molar-refractivity contribution in [3.63, 3.8) is 0 Å². The van der Waals surface area contributed by atoms with Crippen LogP contribution in [0.2, 0.25) is 0 Å². The molecule has 2 heteroatoms. The largest absolute Gasteiger partial charge is 0.402 e. The molecule has 2 nitrogen and oxygen atoms in total. The van der Waals surface area contributed by atoms with Crippen molar-refractivity contribution in [2.24, 2.45) is 5.73 Å². The maximum absolute atomic E-state index is 5.67. The Balaban J connectivity index is 3.60. The van der Waals surface area contributed by atoms with E-state index >= 15 is 0 Å². The molecule has 1 heterocycles. The SMILES string of the molecule is C=C/C=c1/ccnc/c1=C(\C)N. The molecule has 0 bridgehead atoms. The third-order valence-corrected chi connectivity index (χ3v) is 1.58. The lowest BCUT2D eigenvalue weighted by Gasteiger charge is -1.91. The highest BCUT2D eigenvalue weighted by molar-refractivity contribution is 5.42. The van der Waals surface area contributed by atoms with E-state index in [1.54, 1.807) is 18.5 Å². The summed E-state index contributed by atoms with van der Waals surface area (Å²) in [5.41, 5.74) is 6.44. The van der Waals surface area contributed by atoms with E-state index in [1.807, 2.05) is 19.1 Å². The van der Waals surface area contributed by atoms with Gasteiger partial charge in [0.25, 0.3) is 0 Å². The maximum Gasteiger partial charge on any atom is 0.0363 e. The van der Waals surface area contributed by atoms with Crippen LogP contribution in [0.1, 0.15) is 6.92 Å². The zero-order valence-electron chi connectivity index (χ0n) is 7.12. The lowest BCUT2D eigenvalue weighted by atomic mass is 10.2. The third-order valence-electron chi connectivity index (χ3n) is 1.58. The summed E-state index contributed by atoms with van der Waals surface area (Å²) in [6, 6.07) is 1.91. The van der Waals surface area contributed by atoms with Crippen molar-refractivity contribution in [3.05, 3.63) is 41.6 Å². The lowest BCUT2D eigenvalue weighted by molar-refractivity contribution is 1.25. The number of hydrogen-bond donors (Lipinski definition) is 1. The number of pyridine rings is 1. The first-order chi connectivity index (χ1) is 5.75. The summed E-state index contributed by atoms with van der Waals surface area (Å²) >= 11 is 0. The standard InChI is InChI=1S/C10H12N2/c1-3-4-9-5-6-12-7-10(9)8(2)11/h3-7H,1,11H2,2H3/b9-4-,10-8-.